The predicted molar refractivity (Wildman–Crippen MR) is 89.3 cm³/mol. The summed E-state index contributed by atoms with van der Waals surface area (Å²) in [6, 6.07) is 11.1. The first-order chi connectivity index (χ1) is 10.7. The zero-order valence-electron chi connectivity index (χ0n) is 13.7. The van der Waals surface area contributed by atoms with Gasteiger partial charge in [-0.1, -0.05) is 37.5 Å². The number of hydrazine groups is 1. The summed E-state index contributed by atoms with van der Waals surface area (Å²) in [5, 5.41) is 7.82. The van der Waals surface area contributed by atoms with Crippen LogP contribution in [-0.2, 0) is 4.79 Å². The molecule has 0 bridgehead atoms. The number of nitrogens with one attached hydrogen (secondary N) is 1. The van der Waals surface area contributed by atoms with Crippen molar-refractivity contribution in [2.24, 2.45) is 0 Å². The van der Waals surface area contributed by atoms with Crippen LogP contribution in [0.4, 0.5) is 5.69 Å². The minimum absolute atomic E-state index is 0.113. The molecule has 4 nitrogen and oxygen atoms in total. The second-order valence-corrected chi connectivity index (χ2v) is 6.65. The van der Waals surface area contributed by atoms with E-state index in [-0.39, 0.29) is 12.1 Å². The molecule has 1 saturated carbocycles. The molecular weight excluding hydrogens is 274 g/mol. The highest BCUT2D eigenvalue weighted by molar-refractivity contribution is 5.76. The first-order valence-electron chi connectivity index (χ1n) is 8.57. The number of amides is 1. The Morgan fingerprint density at radius 3 is 2.45 bits per heavy atom. The normalized spacial score (nSPS) is 26.5. The fraction of sp³-hybridized carbons (Fsp3) is 0.611. The number of rotatable bonds is 3. The van der Waals surface area contributed by atoms with E-state index in [4.69, 9.17) is 0 Å². The van der Waals surface area contributed by atoms with Gasteiger partial charge in [-0.25, -0.2) is 5.01 Å². The van der Waals surface area contributed by atoms with Crippen LogP contribution < -0.4 is 10.3 Å². The number of hydrogen-bond acceptors (Lipinski definition) is 3. The Morgan fingerprint density at radius 2 is 1.82 bits per heavy atom. The van der Waals surface area contributed by atoms with Gasteiger partial charge in [0.2, 0.25) is 5.91 Å². The van der Waals surface area contributed by atoms with Gasteiger partial charge in [0, 0.05) is 19.4 Å². The third-order valence-electron chi connectivity index (χ3n) is 4.89. The van der Waals surface area contributed by atoms with Gasteiger partial charge >= 0.3 is 0 Å². The summed E-state index contributed by atoms with van der Waals surface area (Å²) < 4.78 is 0. The van der Waals surface area contributed by atoms with Crippen molar-refractivity contribution in [3.8, 4) is 0 Å². The van der Waals surface area contributed by atoms with Crippen molar-refractivity contribution < 1.29 is 4.79 Å². The first-order valence-corrected chi connectivity index (χ1v) is 8.57. The van der Waals surface area contributed by atoms with Crippen LogP contribution in [0, 0.1) is 0 Å². The number of anilines is 1. The van der Waals surface area contributed by atoms with Gasteiger partial charge < -0.3 is 0 Å². The van der Waals surface area contributed by atoms with Crippen molar-refractivity contribution in [3.63, 3.8) is 0 Å². The standard InChI is InChI=1S/C18H27N3O/c1-14-13-18(19-16-9-5-3-6-10-16)21(15(2)22)20(14)17-11-7-4-8-12-17/h4,7-8,11-12,14,16,18-19H,3,5-6,9-10,13H2,1-2H3/t14-,18-/m0/s1. The van der Waals surface area contributed by atoms with Crippen molar-refractivity contribution in [1.29, 1.82) is 0 Å². The smallest absolute Gasteiger partial charge is 0.239 e. The largest absolute Gasteiger partial charge is 0.293 e. The molecule has 2 atom stereocenters. The topological polar surface area (TPSA) is 35.6 Å². The molecule has 1 aromatic carbocycles. The zero-order chi connectivity index (χ0) is 15.5. The highest BCUT2D eigenvalue weighted by Gasteiger charge is 2.39. The molecule has 4 heteroatoms. The number of hydrogen-bond donors (Lipinski definition) is 1. The number of carbonyl (C=O) groups excluding carboxylic acids is 1. The van der Waals surface area contributed by atoms with E-state index in [2.05, 4.69) is 29.4 Å². The molecular formula is C18H27N3O. The van der Waals surface area contributed by atoms with Gasteiger partial charge in [-0.3, -0.25) is 15.1 Å². The molecule has 1 aromatic rings. The minimum Gasteiger partial charge on any atom is -0.293 e. The monoisotopic (exact) mass is 301 g/mol. The lowest BCUT2D eigenvalue weighted by Gasteiger charge is -2.36. The first kappa shape index (κ1) is 15.3. The van der Waals surface area contributed by atoms with Crippen LogP contribution >= 0.6 is 0 Å². The predicted octanol–water partition coefficient (Wildman–Crippen LogP) is 3.30. The van der Waals surface area contributed by atoms with E-state index in [1.54, 1.807) is 6.92 Å². The van der Waals surface area contributed by atoms with E-state index in [1.807, 2.05) is 23.2 Å². The Balaban J connectivity index is 1.78. The third-order valence-corrected chi connectivity index (χ3v) is 4.89. The van der Waals surface area contributed by atoms with Crippen LogP contribution in [0.15, 0.2) is 30.3 Å². The quantitative estimate of drug-likeness (QED) is 0.930. The van der Waals surface area contributed by atoms with Gasteiger partial charge in [-0.15, -0.1) is 0 Å². The summed E-state index contributed by atoms with van der Waals surface area (Å²) in [6.07, 6.45) is 7.54. The number of benzene rings is 1. The van der Waals surface area contributed by atoms with E-state index in [0.717, 1.165) is 12.1 Å². The number of nitrogens with zero attached hydrogens (tertiary/aromatic N) is 2. The fourth-order valence-electron chi connectivity index (χ4n) is 3.90. The Morgan fingerprint density at radius 1 is 1.14 bits per heavy atom. The molecule has 1 saturated heterocycles. The van der Waals surface area contributed by atoms with Crippen LogP contribution in [0.5, 0.6) is 0 Å². The van der Waals surface area contributed by atoms with E-state index in [0.29, 0.717) is 12.1 Å². The van der Waals surface area contributed by atoms with E-state index < -0.39 is 0 Å². The number of para-hydroxylation sites is 1. The molecule has 0 spiro atoms. The molecule has 1 aliphatic heterocycles. The highest BCUT2D eigenvalue weighted by Crippen LogP contribution is 2.31. The van der Waals surface area contributed by atoms with Crippen LogP contribution in [0.1, 0.15) is 52.4 Å². The molecule has 3 rings (SSSR count). The van der Waals surface area contributed by atoms with Crippen molar-refractivity contribution in [2.45, 2.75) is 70.6 Å². The molecule has 0 radical (unpaired) electrons. The van der Waals surface area contributed by atoms with Gasteiger partial charge in [0.15, 0.2) is 0 Å². The second kappa shape index (κ2) is 6.69. The minimum atomic E-state index is 0.113. The average molecular weight is 301 g/mol. The molecule has 2 aliphatic rings. The SMILES string of the molecule is CC(=O)N1[C@H](NC2CCCCC2)C[C@H](C)N1c1ccccc1. The third kappa shape index (κ3) is 3.12. The Labute approximate surface area is 133 Å². The molecule has 1 amide bonds. The maximum atomic E-state index is 12.3. The van der Waals surface area contributed by atoms with Crippen molar-refractivity contribution in [3.05, 3.63) is 30.3 Å². The van der Waals surface area contributed by atoms with Gasteiger partial charge in [0.05, 0.1) is 11.7 Å². The van der Waals surface area contributed by atoms with Crippen molar-refractivity contribution in [1.82, 2.24) is 10.3 Å². The maximum absolute atomic E-state index is 12.3. The molecule has 0 aromatic heterocycles. The summed E-state index contributed by atoms with van der Waals surface area (Å²) in [6.45, 7) is 3.87. The molecule has 1 N–H and O–H groups in total. The van der Waals surface area contributed by atoms with Crippen LogP contribution in [-0.4, -0.2) is 29.2 Å². The summed E-state index contributed by atoms with van der Waals surface area (Å²) in [4.78, 5) is 12.3. The average Bonchev–Trinajstić information content (AvgIpc) is 2.85. The zero-order valence-corrected chi connectivity index (χ0v) is 13.7. The number of carbonyl (C=O) groups is 1. The van der Waals surface area contributed by atoms with Crippen LogP contribution in [0.3, 0.4) is 0 Å². The second-order valence-electron chi connectivity index (χ2n) is 6.65. The van der Waals surface area contributed by atoms with Crippen LogP contribution in [0.2, 0.25) is 0 Å². The fourth-order valence-corrected chi connectivity index (χ4v) is 3.90. The van der Waals surface area contributed by atoms with Gasteiger partial charge in [-0.05, 0) is 31.9 Å². The Bertz CT molecular complexity index is 498. The Hall–Kier alpha value is -1.55. The lowest BCUT2D eigenvalue weighted by Crippen LogP contribution is -2.53. The lowest BCUT2D eigenvalue weighted by molar-refractivity contribution is -0.131. The van der Waals surface area contributed by atoms with E-state index >= 15 is 0 Å². The Kier molecular flexibility index (Phi) is 4.67. The summed E-state index contributed by atoms with van der Waals surface area (Å²) >= 11 is 0. The maximum Gasteiger partial charge on any atom is 0.239 e. The molecule has 22 heavy (non-hydrogen) atoms. The van der Waals surface area contributed by atoms with E-state index in [1.165, 1.54) is 32.1 Å². The summed E-state index contributed by atoms with van der Waals surface area (Å²) in [5.41, 5.74) is 1.10. The molecule has 2 fully saturated rings. The van der Waals surface area contributed by atoms with Crippen molar-refractivity contribution in [2.75, 3.05) is 5.01 Å². The van der Waals surface area contributed by atoms with Gasteiger partial charge in [0.1, 0.15) is 6.17 Å². The highest BCUT2D eigenvalue weighted by atomic mass is 16.2. The molecule has 1 heterocycles. The molecule has 1 aliphatic carbocycles. The summed E-state index contributed by atoms with van der Waals surface area (Å²) in [7, 11) is 0. The molecule has 120 valence electrons. The summed E-state index contributed by atoms with van der Waals surface area (Å²) in [5.74, 6) is 0.113. The van der Waals surface area contributed by atoms with E-state index in [9.17, 15) is 4.79 Å². The lowest BCUT2D eigenvalue weighted by atomic mass is 9.95. The van der Waals surface area contributed by atoms with Crippen LogP contribution in [0.25, 0.3) is 0 Å². The van der Waals surface area contributed by atoms with Crippen molar-refractivity contribution >= 4 is 11.6 Å². The molecule has 0 unspecified atom stereocenters. The van der Waals surface area contributed by atoms with Gasteiger partial charge in [0.25, 0.3) is 0 Å². The van der Waals surface area contributed by atoms with Gasteiger partial charge in [-0.2, -0.15) is 0 Å².